The fourth-order valence-electron chi connectivity index (χ4n) is 2.41. The van der Waals surface area contributed by atoms with Gasteiger partial charge in [-0.2, -0.15) is 5.21 Å². The van der Waals surface area contributed by atoms with Gasteiger partial charge in [-0.25, -0.2) is 0 Å². The summed E-state index contributed by atoms with van der Waals surface area (Å²) in [6, 6.07) is 7.18. The van der Waals surface area contributed by atoms with E-state index in [2.05, 4.69) is 30.9 Å². The van der Waals surface area contributed by atoms with Crippen molar-refractivity contribution in [1.29, 1.82) is 0 Å². The van der Waals surface area contributed by atoms with E-state index < -0.39 is 12.0 Å². The lowest BCUT2D eigenvalue weighted by atomic mass is 10.0. The zero-order valence-electron chi connectivity index (χ0n) is 11.8. The molecule has 0 fully saturated rings. The Morgan fingerprint density at radius 1 is 1.36 bits per heavy atom. The minimum atomic E-state index is -0.876. The van der Waals surface area contributed by atoms with Crippen LogP contribution in [-0.2, 0) is 17.6 Å². The van der Waals surface area contributed by atoms with Gasteiger partial charge in [-0.1, -0.05) is 23.4 Å². The summed E-state index contributed by atoms with van der Waals surface area (Å²) in [5.74, 6) is -0.317. The predicted octanol–water partition coefficient (Wildman–Crippen LogP) is 0.509. The van der Waals surface area contributed by atoms with E-state index in [0.717, 1.165) is 16.5 Å². The largest absolute Gasteiger partial charge is 0.480 e. The topological polar surface area (TPSA) is 120 Å². The Morgan fingerprint density at radius 3 is 3.00 bits per heavy atom. The number of rotatable bonds is 7. The van der Waals surface area contributed by atoms with Crippen LogP contribution < -0.4 is 5.32 Å². The Balaban J connectivity index is 1.65. The quantitative estimate of drug-likeness (QED) is 0.504. The molecule has 8 nitrogen and oxygen atoms in total. The molecule has 22 heavy (non-hydrogen) atoms. The number of para-hydroxylation sites is 1. The minimum Gasteiger partial charge on any atom is -0.480 e. The highest BCUT2D eigenvalue weighted by Crippen LogP contribution is 2.19. The molecule has 0 radical (unpaired) electrons. The molecule has 0 aliphatic heterocycles. The average Bonchev–Trinajstić information content (AvgIpc) is 3.16. The number of aromatic nitrogens is 5. The van der Waals surface area contributed by atoms with Crippen molar-refractivity contribution in [2.75, 3.05) is 6.54 Å². The molecule has 8 heteroatoms. The lowest BCUT2D eigenvalue weighted by Crippen LogP contribution is -2.39. The van der Waals surface area contributed by atoms with Crippen molar-refractivity contribution in [3.63, 3.8) is 0 Å². The molecule has 3 rings (SSSR count). The normalized spacial score (nSPS) is 12.5. The highest BCUT2D eigenvalue weighted by atomic mass is 16.4. The van der Waals surface area contributed by atoms with Crippen LogP contribution in [0.2, 0.25) is 0 Å². The molecule has 0 saturated heterocycles. The van der Waals surface area contributed by atoms with Crippen molar-refractivity contribution in [1.82, 2.24) is 30.9 Å². The summed E-state index contributed by atoms with van der Waals surface area (Å²) in [6.45, 7) is 0.471. The summed E-state index contributed by atoms with van der Waals surface area (Å²) in [4.78, 5) is 14.6. The van der Waals surface area contributed by atoms with Gasteiger partial charge < -0.3 is 15.4 Å². The van der Waals surface area contributed by atoms with Gasteiger partial charge in [-0.15, -0.1) is 10.2 Å². The number of nitrogens with one attached hydrogen (secondary N) is 3. The second-order valence-electron chi connectivity index (χ2n) is 4.99. The van der Waals surface area contributed by atoms with Gasteiger partial charge in [-0.3, -0.25) is 4.79 Å². The maximum atomic E-state index is 11.4. The molecule has 2 aromatic heterocycles. The van der Waals surface area contributed by atoms with Crippen LogP contribution in [0.4, 0.5) is 0 Å². The van der Waals surface area contributed by atoms with E-state index in [4.69, 9.17) is 0 Å². The van der Waals surface area contributed by atoms with E-state index in [1.807, 2.05) is 30.5 Å². The average molecular weight is 300 g/mol. The highest BCUT2D eigenvalue weighted by molar-refractivity contribution is 5.84. The first-order chi connectivity index (χ1) is 10.7. The third-order valence-electron chi connectivity index (χ3n) is 3.53. The third kappa shape index (κ3) is 3.12. The van der Waals surface area contributed by atoms with E-state index in [0.29, 0.717) is 25.2 Å². The molecule has 0 amide bonds. The van der Waals surface area contributed by atoms with Crippen LogP contribution in [0, 0.1) is 0 Å². The van der Waals surface area contributed by atoms with Crippen LogP contribution in [0.15, 0.2) is 30.5 Å². The van der Waals surface area contributed by atoms with Crippen molar-refractivity contribution in [2.45, 2.75) is 18.9 Å². The summed E-state index contributed by atoms with van der Waals surface area (Å²) in [5, 5.41) is 27.0. The zero-order valence-corrected chi connectivity index (χ0v) is 11.8. The number of hydrogen-bond acceptors (Lipinski definition) is 5. The first-order valence-corrected chi connectivity index (χ1v) is 6.97. The van der Waals surface area contributed by atoms with Crippen molar-refractivity contribution in [3.8, 4) is 0 Å². The molecule has 4 N–H and O–H groups in total. The Morgan fingerprint density at radius 2 is 2.23 bits per heavy atom. The number of benzene rings is 1. The van der Waals surface area contributed by atoms with E-state index in [1.165, 1.54) is 0 Å². The molecule has 0 aliphatic carbocycles. The van der Waals surface area contributed by atoms with Crippen molar-refractivity contribution < 1.29 is 9.90 Å². The van der Waals surface area contributed by atoms with Gasteiger partial charge in [0.1, 0.15) is 6.04 Å². The summed E-state index contributed by atoms with van der Waals surface area (Å²) in [6.07, 6.45) is 2.79. The number of carboxylic acids is 1. The van der Waals surface area contributed by atoms with Gasteiger partial charge in [0.2, 0.25) is 0 Å². The molecule has 3 aromatic rings. The highest BCUT2D eigenvalue weighted by Gasteiger charge is 2.19. The molecule has 114 valence electrons. The van der Waals surface area contributed by atoms with Crippen LogP contribution in [0.5, 0.6) is 0 Å². The first kappa shape index (κ1) is 14.2. The first-order valence-electron chi connectivity index (χ1n) is 6.97. The summed E-state index contributed by atoms with van der Waals surface area (Å²) < 4.78 is 0. The molecule has 0 saturated carbocycles. The fraction of sp³-hybridized carbons (Fsp3) is 0.286. The molecule has 1 aromatic carbocycles. The van der Waals surface area contributed by atoms with Gasteiger partial charge in [0, 0.05) is 36.5 Å². The fourth-order valence-corrected chi connectivity index (χ4v) is 2.41. The van der Waals surface area contributed by atoms with Crippen LogP contribution in [0.1, 0.15) is 11.4 Å². The van der Waals surface area contributed by atoms with E-state index in [1.54, 1.807) is 0 Å². The van der Waals surface area contributed by atoms with Gasteiger partial charge in [0.25, 0.3) is 0 Å². The van der Waals surface area contributed by atoms with Gasteiger partial charge in [0.05, 0.1) is 0 Å². The SMILES string of the molecule is O=C(O)[C@@H](Cc1c[nH]c2ccccc12)NCCc1nn[nH]n1. The predicted molar refractivity (Wildman–Crippen MR) is 79.3 cm³/mol. The number of H-pyrrole nitrogens is 2. The standard InChI is InChI=1S/C14H16N6O2/c21-14(22)12(15-6-5-13-17-19-20-18-13)7-9-8-16-11-4-2-1-3-10(9)11/h1-4,8,12,15-16H,5-7H2,(H,21,22)(H,17,18,19,20)/t12-/m1/s1. The summed E-state index contributed by atoms with van der Waals surface area (Å²) >= 11 is 0. The van der Waals surface area contributed by atoms with E-state index >= 15 is 0 Å². The molecular weight excluding hydrogens is 284 g/mol. The number of aliphatic carboxylic acids is 1. The van der Waals surface area contributed by atoms with E-state index in [9.17, 15) is 9.90 Å². The van der Waals surface area contributed by atoms with Gasteiger partial charge in [-0.05, 0) is 11.6 Å². The Labute approximate surface area is 125 Å². The Kier molecular flexibility index (Phi) is 4.10. The van der Waals surface area contributed by atoms with Crippen LogP contribution >= 0.6 is 0 Å². The molecular formula is C14H16N6O2. The zero-order chi connectivity index (χ0) is 15.4. The smallest absolute Gasteiger partial charge is 0.321 e. The number of carboxylic acid groups (broad SMARTS) is 1. The maximum Gasteiger partial charge on any atom is 0.321 e. The summed E-state index contributed by atoms with van der Waals surface area (Å²) in [7, 11) is 0. The number of nitrogens with zero attached hydrogens (tertiary/aromatic N) is 3. The van der Waals surface area contributed by atoms with Crippen molar-refractivity contribution in [3.05, 3.63) is 41.9 Å². The number of carbonyl (C=O) groups is 1. The molecule has 0 unspecified atom stereocenters. The number of fused-ring (bicyclic) bond motifs is 1. The molecule has 1 atom stereocenters. The maximum absolute atomic E-state index is 11.4. The number of tetrazole rings is 1. The summed E-state index contributed by atoms with van der Waals surface area (Å²) in [5.41, 5.74) is 1.99. The second kappa shape index (κ2) is 6.35. The minimum absolute atomic E-state index is 0.408. The van der Waals surface area contributed by atoms with Gasteiger partial charge in [0.15, 0.2) is 5.82 Å². The van der Waals surface area contributed by atoms with E-state index in [-0.39, 0.29) is 0 Å². The lowest BCUT2D eigenvalue weighted by molar-refractivity contribution is -0.139. The Hall–Kier alpha value is -2.74. The molecule has 0 aliphatic rings. The molecule has 0 spiro atoms. The third-order valence-corrected chi connectivity index (χ3v) is 3.53. The monoisotopic (exact) mass is 300 g/mol. The number of hydrogen-bond donors (Lipinski definition) is 4. The van der Waals surface area contributed by atoms with Crippen molar-refractivity contribution >= 4 is 16.9 Å². The van der Waals surface area contributed by atoms with Crippen LogP contribution in [-0.4, -0.2) is 49.3 Å². The molecule has 2 heterocycles. The van der Waals surface area contributed by atoms with Crippen LogP contribution in [0.3, 0.4) is 0 Å². The van der Waals surface area contributed by atoms with Gasteiger partial charge >= 0.3 is 5.97 Å². The number of aromatic amines is 2. The lowest BCUT2D eigenvalue weighted by Gasteiger charge is -2.13. The van der Waals surface area contributed by atoms with Crippen molar-refractivity contribution in [2.24, 2.45) is 0 Å². The second-order valence-corrected chi connectivity index (χ2v) is 4.99. The van der Waals surface area contributed by atoms with Crippen LogP contribution in [0.25, 0.3) is 10.9 Å². The molecule has 0 bridgehead atoms. The Bertz CT molecular complexity index is 752.